The van der Waals surface area contributed by atoms with E-state index >= 15 is 0 Å². The summed E-state index contributed by atoms with van der Waals surface area (Å²) in [6.07, 6.45) is -0.679. The van der Waals surface area contributed by atoms with E-state index in [9.17, 15) is 0 Å². The molecule has 78 valence electrons. The molecule has 0 bridgehead atoms. The molecular formula is C9H11Cl2NO2. The molecule has 0 spiro atoms. The maximum atomic E-state index is 9.15. The predicted octanol–water partition coefficient (Wildman–Crippen LogP) is 1.69. The number of hydrogen-bond donors (Lipinski definition) is 2. The van der Waals surface area contributed by atoms with Gasteiger partial charge in [-0.1, -0.05) is 23.2 Å². The molecule has 1 aromatic carbocycles. The van der Waals surface area contributed by atoms with Gasteiger partial charge in [-0.3, -0.25) is 0 Å². The summed E-state index contributed by atoms with van der Waals surface area (Å²) in [5, 5.41) is 10.1. The van der Waals surface area contributed by atoms with Crippen molar-refractivity contribution in [2.24, 2.45) is 5.73 Å². The number of aliphatic hydroxyl groups excluding tert-OH is 1. The molecule has 0 heterocycles. The van der Waals surface area contributed by atoms with Gasteiger partial charge in [0.05, 0.1) is 5.02 Å². The minimum Gasteiger partial charge on any atom is -0.489 e. The third-order valence-electron chi connectivity index (χ3n) is 1.60. The Kier molecular flexibility index (Phi) is 4.48. The first kappa shape index (κ1) is 11.6. The van der Waals surface area contributed by atoms with Crippen LogP contribution < -0.4 is 10.5 Å². The lowest BCUT2D eigenvalue weighted by molar-refractivity contribution is 0.114. The molecule has 0 aromatic heterocycles. The van der Waals surface area contributed by atoms with Gasteiger partial charge < -0.3 is 15.6 Å². The van der Waals surface area contributed by atoms with Crippen molar-refractivity contribution in [1.82, 2.24) is 0 Å². The Balaban J connectivity index is 2.59. The summed E-state index contributed by atoms with van der Waals surface area (Å²) in [4.78, 5) is 0. The number of rotatable bonds is 4. The summed E-state index contributed by atoms with van der Waals surface area (Å²) in [6.45, 7) is 0.281. The van der Waals surface area contributed by atoms with Crippen molar-refractivity contribution in [2.75, 3.05) is 13.2 Å². The molecule has 0 unspecified atom stereocenters. The SMILES string of the molecule is NC[C@H](O)COc1ccc(Cl)cc1Cl. The zero-order chi connectivity index (χ0) is 10.6. The fourth-order valence-corrected chi connectivity index (χ4v) is 1.31. The van der Waals surface area contributed by atoms with E-state index in [4.69, 9.17) is 38.8 Å². The Hall–Kier alpha value is -0.480. The minimum absolute atomic E-state index is 0.123. The van der Waals surface area contributed by atoms with Crippen LogP contribution in [0, 0.1) is 0 Å². The summed E-state index contributed by atoms with van der Waals surface area (Å²) in [5.41, 5.74) is 5.21. The second kappa shape index (κ2) is 5.41. The Morgan fingerprint density at radius 2 is 2.14 bits per heavy atom. The van der Waals surface area contributed by atoms with Crippen LogP contribution in [0.2, 0.25) is 10.0 Å². The van der Waals surface area contributed by atoms with Crippen LogP contribution in [0.25, 0.3) is 0 Å². The molecule has 0 radical (unpaired) electrons. The molecule has 3 nitrogen and oxygen atoms in total. The monoisotopic (exact) mass is 235 g/mol. The van der Waals surface area contributed by atoms with E-state index in [2.05, 4.69) is 0 Å². The van der Waals surface area contributed by atoms with Gasteiger partial charge in [0, 0.05) is 11.6 Å². The van der Waals surface area contributed by atoms with Crippen molar-refractivity contribution in [2.45, 2.75) is 6.10 Å². The lowest BCUT2D eigenvalue weighted by atomic mass is 10.3. The molecule has 0 amide bonds. The number of hydrogen-bond acceptors (Lipinski definition) is 3. The molecule has 0 aliphatic heterocycles. The van der Waals surface area contributed by atoms with Crippen LogP contribution in [0.15, 0.2) is 18.2 Å². The topological polar surface area (TPSA) is 55.5 Å². The molecule has 0 fully saturated rings. The molecular weight excluding hydrogens is 225 g/mol. The molecule has 3 N–H and O–H groups in total. The Labute approximate surface area is 92.4 Å². The van der Waals surface area contributed by atoms with E-state index in [0.717, 1.165) is 0 Å². The van der Waals surface area contributed by atoms with Crippen LogP contribution in [-0.2, 0) is 0 Å². The number of ether oxygens (including phenoxy) is 1. The lowest BCUT2D eigenvalue weighted by Gasteiger charge is -2.11. The smallest absolute Gasteiger partial charge is 0.138 e. The predicted molar refractivity (Wildman–Crippen MR) is 57.0 cm³/mol. The summed E-state index contributed by atoms with van der Waals surface area (Å²) < 4.78 is 5.22. The highest BCUT2D eigenvalue weighted by Gasteiger charge is 2.05. The number of aliphatic hydroxyl groups is 1. The third kappa shape index (κ3) is 3.35. The van der Waals surface area contributed by atoms with Crippen LogP contribution in [0.1, 0.15) is 0 Å². The van der Waals surface area contributed by atoms with Crippen molar-refractivity contribution >= 4 is 23.2 Å². The third-order valence-corrected chi connectivity index (χ3v) is 2.13. The van der Waals surface area contributed by atoms with Gasteiger partial charge in [0.1, 0.15) is 18.5 Å². The maximum Gasteiger partial charge on any atom is 0.138 e. The molecule has 14 heavy (non-hydrogen) atoms. The van der Waals surface area contributed by atoms with E-state index in [1.807, 2.05) is 0 Å². The highest BCUT2D eigenvalue weighted by Crippen LogP contribution is 2.27. The highest BCUT2D eigenvalue weighted by atomic mass is 35.5. The molecule has 1 aromatic rings. The zero-order valence-electron chi connectivity index (χ0n) is 7.41. The van der Waals surface area contributed by atoms with Gasteiger partial charge in [-0.05, 0) is 18.2 Å². The van der Waals surface area contributed by atoms with Crippen LogP contribution in [0.4, 0.5) is 0 Å². The standard InChI is InChI=1S/C9H11Cl2NO2/c10-6-1-2-9(8(11)3-6)14-5-7(13)4-12/h1-3,7,13H,4-5,12H2/t7-/m0/s1. The van der Waals surface area contributed by atoms with Crippen molar-refractivity contribution < 1.29 is 9.84 Å². The van der Waals surface area contributed by atoms with Gasteiger partial charge in [0.25, 0.3) is 0 Å². The second-order valence-corrected chi connectivity index (χ2v) is 3.62. The average Bonchev–Trinajstić information content (AvgIpc) is 2.16. The Morgan fingerprint density at radius 1 is 1.43 bits per heavy atom. The molecule has 0 aliphatic rings. The molecule has 1 rings (SSSR count). The lowest BCUT2D eigenvalue weighted by Crippen LogP contribution is -2.26. The van der Waals surface area contributed by atoms with Crippen LogP contribution in [-0.4, -0.2) is 24.4 Å². The maximum absolute atomic E-state index is 9.15. The van der Waals surface area contributed by atoms with Gasteiger partial charge in [0.15, 0.2) is 0 Å². The van der Waals surface area contributed by atoms with Crippen LogP contribution in [0.3, 0.4) is 0 Å². The Bertz CT molecular complexity index is 307. The van der Waals surface area contributed by atoms with Gasteiger partial charge >= 0.3 is 0 Å². The highest BCUT2D eigenvalue weighted by molar-refractivity contribution is 6.35. The molecule has 0 saturated carbocycles. The number of halogens is 2. The van der Waals surface area contributed by atoms with Crippen molar-refractivity contribution in [1.29, 1.82) is 0 Å². The van der Waals surface area contributed by atoms with E-state index in [1.54, 1.807) is 18.2 Å². The van der Waals surface area contributed by atoms with Crippen molar-refractivity contribution in [3.05, 3.63) is 28.2 Å². The van der Waals surface area contributed by atoms with E-state index < -0.39 is 6.10 Å². The van der Waals surface area contributed by atoms with Gasteiger partial charge in [-0.15, -0.1) is 0 Å². The first-order valence-corrected chi connectivity index (χ1v) is 4.85. The summed E-state index contributed by atoms with van der Waals surface area (Å²) >= 11 is 11.5. The van der Waals surface area contributed by atoms with Gasteiger partial charge in [0.2, 0.25) is 0 Å². The summed E-state index contributed by atoms with van der Waals surface area (Å²) in [7, 11) is 0. The summed E-state index contributed by atoms with van der Waals surface area (Å²) in [5.74, 6) is 0.489. The average molecular weight is 236 g/mol. The normalized spacial score (nSPS) is 12.6. The number of nitrogens with two attached hydrogens (primary N) is 1. The van der Waals surface area contributed by atoms with Crippen LogP contribution in [0.5, 0.6) is 5.75 Å². The number of benzene rings is 1. The van der Waals surface area contributed by atoms with Crippen molar-refractivity contribution in [3.63, 3.8) is 0 Å². The quantitative estimate of drug-likeness (QED) is 0.836. The molecule has 5 heteroatoms. The minimum atomic E-state index is -0.679. The van der Waals surface area contributed by atoms with Gasteiger partial charge in [-0.2, -0.15) is 0 Å². The van der Waals surface area contributed by atoms with E-state index in [-0.39, 0.29) is 13.2 Å². The Morgan fingerprint density at radius 3 is 2.71 bits per heavy atom. The molecule has 0 aliphatic carbocycles. The first-order chi connectivity index (χ1) is 6.63. The second-order valence-electron chi connectivity index (χ2n) is 2.78. The molecule has 1 atom stereocenters. The first-order valence-electron chi connectivity index (χ1n) is 4.09. The van der Waals surface area contributed by atoms with Crippen molar-refractivity contribution in [3.8, 4) is 5.75 Å². The van der Waals surface area contributed by atoms with Crippen LogP contribution >= 0.6 is 23.2 Å². The summed E-state index contributed by atoms with van der Waals surface area (Å²) in [6, 6.07) is 4.89. The largest absolute Gasteiger partial charge is 0.489 e. The fraction of sp³-hybridized carbons (Fsp3) is 0.333. The van der Waals surface area contributed by atoms with E-state index in [1.165, 1.54) is 0 Å². The molecule has 0 saturated heterocycles. The van der Waals surface area contributed by atoms with E-state index in [0.29, 0.717) is 15.8 Å². The fourth-order valence-electron chi connectivity index (χ4n) is 0.846. The van der Waals surface area contributed by atoms with Gasteiger partial charge in [-0.25, -0.2) is 0 Å². The zero-order valence-corrected chi connectivity index (χ0v) is 8.92.